The second kappa shape index (κ2) is 12.5. The summed E-state index contributed by atoms with van der Waals surface area (Å²) in [4.78, 5) is 25.7. The first-order chi connectivity index (χ1) is 18.4. The van der Waals surface area contributed by atoms with Crippen molar-refractivity contribution in [1.82, 2.24) is 0 Å². The highest BCUT2D eigenvalue weighted by Gasteiger charge is 2.25. The summed E-state index contributed by atoms with van der Waals surface area (Å²) in [6.45, 7) is 6.65. The molecule has 0 spiro atoms. The summed E-state index contributed by atoms with van der Waals surface area (Å²) in [5, 5.41) is 22.1. The molecular weight excluding hydrogens is 480 g/mol. The summed E-state index contributed by atoms with van der Waals surface area (Å²) in [7, 11) is 0. The van der Waals surface area contributed by atoms with E-state index >= 15 is 0 Å². The molecule has 1 heterocycles. The van der Waals surface area contributed by atoms with Gasteiger partial charge in [0, 0.05) is 18.8 Å². The number of anilines is 3. The van der Waals surface area contributed by atoms with Gasteiger partial charge in [0.25, 0.3) is 0 Å². The fourth-order valence-electron chi connectivity index (χ4n) is 4.76. The number of ether oxygens (including phenoxy) is 1. The van der Waals surface area contributed by atoms with E-state index in [0.717, 1.165) is 44.0 Å². The molecule has 7 heteroatoms. The highest BCUT2D eigenvalue weighted by Crippen LogP contribution is 2.44. The molecule has 1 aliphatic heterocycles. The van der Waals surface area contributed by atoms with E-state index in [-0.39, 0.29) is 22.6 Å². The van der Waals surface area contributed by atoms with Crippen molar-refractivity contribution in [3.8, 4) is 11.5 Å². The Balaban J connectivity index is 1.43. The smallest absolute Gasteiger partial charge is 0.337 e. The number of nitrogens with zero attached hydrogens (tertiary/aromatic N) is 1. The second-order valence-electron chi connectivity index (χ2n) is 9.78. The maximum absolute atomic E-state index is 11.8. The summed E-state index contributed by atoms with van der Waals surface area (Å²) in [6.07, 6.45) is 7.59. The zero-order chi connectivity index (χ0) is 27.1. The average Bonchev–Trinajstić information content (AvgIpc) is 2.91. The highest BCUT2D eigenvalue weighted by atomic mass is 16.5. The average molecular weight is 517 g/mol. The summed E-state index contributed by atoms with van der Waals surface area (Å²) >= 11 is 0. The van der Waals surface area contributed by atoms with E-state index < -0.39 is 11.9 Å². The van der Waals surface area contributed by atoms with Crippen molar-refractivity contribution in [2.24, 2.45) is 0 Å². The molecular formula is C31H36N2O5. The lowest BCUT2D eigenvalue weighted by Crippen LogP contribution is -2.25. The van der Waals surface area contributed by atoms with Crippen LogP contribution in [0.2, 0.25) is 0 Å². The van der Waals surface area contributed by atoms with Crippen LogP contribution in [0.5, 0.6) is 11.5 Å². The SMILES string of the molecule is CCCCN(CCCC)c1cccc(CCCc2ccc3c(c2)Nc2c(cc(C(=O)O)cc2C(=O)O)O3)c1. The van der Waals surface area contributed by atoms with Crippen LogP contribution in [0.3, 0.4) is 0 Å². The number of nitrogens with one attached hydrogen (secondary N) is 1. The van der Waals surface area contributed by atoms with Crippen molar-refractivity contribution < 1.29 is 24.5 Å². The predicted octanol–water partition coefficient (Wildman–Crippen LogP) is 7.51. The topological polar surface area (TPSA) is 99.1 Å². The van der Waals surface area contributed by atoms with Crippen LogP contribution in [0.25, 0.3) is 0 Å². The molecule has 3 aromatic rings. The summed E-state index contributed by atoms with van der Waals surface area (Å²) in [5.74, 6) is -1.70. The van der Waals surface area contributed by atoms with Crippen LogP contribution in [0, 0.1) is 0 Å². The molecule has 0 atom stereocenters. The maximum Gasteiger partial charge on any atom is 0.337 e. The van der Waals surface area contributed by atoms with Crippen molar-refractivity contribution in [1.29, 1.82) is 0 Å². The van der Waals surface area contributed by atoms with Gasteiger partial charge in [-0.05, 0) is 79.6 Å². The third-order valence-corrected chi connectivity index (χ3v) is 6.87. The lowest BCUT2D eigenvalue weighted by Gasteiger charge is -2.25. The molecule has 0 amide bonds. The molecule has 0 bridgehead atoms. The quantitative estimate of drug-likeness (QED) is 0.169. The van der Waals surface area contributed by atoms with Gasteiger partial charge in [-0.3, -0.25) is 0 Å². The minimum atomic E-state index is -1.22. The van der Waals surface area contributed by atoms with Crippen LogP contribution in [0.1, 0.15) is 77.8 Å². The Morgan fingerprint density at radius 2 is 1.53 bits per heavy atom. The van der Waals surface area contributed by atoms with Gasteiger partial charge in [0.1, 0.15) is 0 Å². The molecule has 38 heavy (non-hydrogen) atoms. The number of aromatic carboxylic acids is 2. The molecule has 0 aliphatic carbocycles. The van der Waals surface area contributed by atoms with E-state index in [9.17, 15) is 19.8 Å². The third-order valence-electron chi connectivity index (χ3n) is 6.87. The fraction of sp³-hybridized carbons (Fsp3) is 0.355. The van der Waals surface area contributed by atoms with Crippen molar-refractivity contribution in [2.45, 2.75) is 58.8 Å². The Bertz CT molecular complexity index is 1300. The first-order valence-corrected chi connectivity index (χ1v) is 13.5. The van der Waals surface area contributed by atoms with E-state index in [1.807, 2.05) is 18.2 Å². The molecule has 0 aromatic heterocycles. The minimum Gasteiger partial charge on any atom is -0.478 e. The van der Waals surface area contributed by atoms with Crippen LogP contribution in [0.4, 0.5) is 17.1 Å². The van der Waals surface area contributed by atoms with Gasteiger partial charge in [-0.25, -0.2) is 9.59 Å². The molecule has 200 valence electrons. The maximum atomic E-state index is 11.8. The van der Waals surface area contributed by atoms with E-state index in [1.54, 1.807) is 0 Å². The molecule has 4 rings (SSSR count). The number of carboxylic acid groups (broad SMARTS) is 2. The lowest BCUT2D eigenvalue weighted by atomic mass is 10.0. The number of unbranched alkanes of at least 4 members (excludes halogenated alkanes) is 2. The summed E-state index contributed by atoms with van der Waals surface area (Å²) in [5.41, 5.74) is 4.41. The number of fused-ring (bicyclic) bond motifs is 2. The Hall–Kier alpha value is -4.00. The number of hydrogen-bond acceptors (Lipinski definition) is 5. The molecule has 7 nitrogen and oxygen atoms in total. The predicted molar refractivity (Wildman–Crippen MR) is 151 cm³/mol. The summed E-state index contributed by atoms with van der Waals surface area (Å²) in [6, 6.07) is 17.2. The fourth-order valence-corrected chi connectivity index (χ4v) is 4.76. The molecule has 0 fully saturated rings. The Kier molecular flexibility index (Phi) is 8.89. The zero-order valence-electron chi connectivity index (χ0n) is 22.1. The van der Waals surface area contributed by atoms with Crippen molar-refractivity contribution >= 4 is 29.0 Å². The lowest BCUT2D eigenvalue weighted by molar-refractivity contribution is 0.0696. The number of carboxylic acids is 2. The molecule has 1 aliphatic rings. The van der Waals surface area contributed by atoms with Crippen molar-refractivity contribution in [3.05, 3.63) is 76.9 Å². The standard InChI is InChI=1S/C31H36N2O5/c1-3-5-15-33(16-6-4-2)24-12-8-11-21(17-24)9-7-10-22-13-14-27-26(18-22)32-29-25(31(36)37)19-23(30(34)35)20-28(29)38-27/h8,11-14,17-20,32H,3-7,9-10,15-16H2,1-2H3,(H,34,35)(H,36,37). The van der Waals surface area contributed by atoms with Gasteiger partial charge in [0.2, 0.25) is 0 Å². The Labute approximate surface area is 224 Å². The van der Waals surface area contributed by atoms with Gasteiger partial charge in [0.05, 0.1) is 22.5 Å². The first kappa shape index (κ1) is 27.0. The van der Waals surface area contributed by atoms with E-state index in [4.69, 9.17) is 4.74 Å². The van der Waals surface area contributed by atoms with E-state index in [1.165, 1.54) is 43.0 Å². The minimum absolute atomic E-state index is 0.133. The van der Waals surface area contributed by atoms with Gasteiger partial charge in [-0.1, -0.05) is 44.9 Å². The number of carbonyl (C=O) groups is 2. The molecule has 0 saturated heterocycles. The van der Waals surface area contributed by atoms with E-state index in [0.29, 0.717) is 11.4 Å². The number of aryl methyl sites for hydroxylation is 2. The van der Waals surface area contributed by atoms with Gasteiger partial charge in [-0.15, -0.1) is 0 Å². The Morgan fingerprint density at radius 3 is 2.18 bits per heavy atom. The van der Waals surface area contributed by atoms with Crippen LogP contribution in [-0.4, -0.2) is 35.2 Å². The van der Waals surface area contributed by atoms with E-state index in [2.05, 4.69) is 48.3 Å². The van der Waals surface area contributed by atoms with Crippen LogP contribution in [-0.2, 0) is 12.8 Å². The first-order valence-electron chi connectivity index (χ1n) is 13.5. The monoisotopic (exact) mass is 516 g/mol. The normalized spacial score (nSPS) is 11.6. The van der Waals surface area contributed by atoms with Gasteiger partial charge in [-0.2, -0.15) is 0 Å². The third kappa shape index (κ3) is 6.46. The van der Waals surface area contributed by atoms with Gasteiger partial charge >= 0.3 is 11.9 Å². The van der Waals surface area contributed by atoms with Crippen LogP contribution in [0.15, 0.2) is 54.6 Å². The van der Waals surface area contributed by atoms with Crippen LogP contribution >= 0.6 is 0 Å². The van der Waals surface area contributed by atoms with Crippen molar-refractivity contribution in [3.63, 3.8) is 0 Å². The molecule has 0 saturated carbocycles. The molecule has 3 aromatic carbocycles. The Morgan fingerprint density at radius 1 is 0.816 bits per heavy atom. The summed E-state index contributed by atoms with van der Waals surface area (Å²) < 4.78 is 5.89. The van der Waals surface area contributed by atoms with Gasteiger partial charge in [0.15, 0.2) is 11.5 Å². The van der Waals surface area contributed by atoms with Gasteiger partial charge < -0.3 is 25.2 Å². The number of hydrogen-bond donors (Lipinski definition) is 3. The zero-order valence-corrected chi connectivity index (χ0v) is 22.1. The molecule has 3 N–H and O–H groups in total. The highest BCUT2D eigenvalue weighted by molar-refractivity contribution is 6.02. The molecule has 0 radical (unpaired) electrons. The number of rotatable bonds is 13. The molecule has 0 unspecified atom stereocenters. The van der Waals surface area contributed by atoms with Crippen molar-refractivity contribution in [2.75, 3.05) is 23.3 Å². The second-order valence-corrected chi connectivity index (χ2v) is 9.78. The largest absolute Gasteiger partial charge is 0.478 e. The number of benzene rings is 3. The van der Waals surface area contributed by atoms with Crippen LogP contribution < -0.4 is 15.0 Å².